The van der Waals surface area contributed by atoms with Gasteiger partial charge in [-0.1, -0.05) is 25.1 Å². The van der Waals surface area contributed by atoms with Gasteiger partial charge in [-0.3, -0.25) is 9.35 Å². The van der Waals surface area contributed by atoms with Crippen LogP contribution in [-0.2, 0) is 32.5 Å². The second-order valence-corrected chi connectivity index (χ2v) is 5.90. The van der Waals surface area contributed by atoms with Crippen LogP contribution in [0.5, 0.6) is 0 Å². The minimum absolute atomic E-state index is 0.287. The van der Waals surface area contributed by atoms with E-state index in [0.29, 0.717) is 24.7 Å². The fourth-order valence-corrected chi connectivity index (χ4v) is 1.18. The molecule has 0 aliphatic rings. The molecule has 0 amide bonds. The average Bonchev–Trinajstić information content (AvgIpc) is 3.03. The van der Waals surface area contributed by atoms with Gasteiger partial charge >= 0.3 is 15.6 Å². The number of rotatable bonds is 5. The van der Waals surface area contributed by atoms with Gasteiger partial charge in [0.2, 0.25) is 11.8 Å². The van der Waals surface area contributed by atoms with Crippen molar-refractivity contribution in [3.8, 4) is 0 Å². The van der Waals surface area contributed by atoms with Crippen molar-refractivity contribution in [1.82, 2.24) is 10.2 Å². The maximum Gasteiger partial charge on any atom is 0.522 e. The zero-order valence-electron chi connectivity index (χ0n) is 14.1. The van der Waals surface area contributed by atoms with Crippen molar-refractivity contribution in [1.29, 1.82) is 0 Å². The molecule has 0 fully saturated rings. The van der Waals surface area contributed by atoms with Gasteiger partial charge < -0.3 is 14.9 Å². The Kier molecular flexibility index (Phi) is 10.7. The van der Waals surface area contributed by atoms with E-state index in [1.165, 1.54) is 0 Å². The molecule has 27 heavy (non-hydrogen) atoms. The molecule has 0 bridgehead atoms. The molecule has 0 unspecified atom stereocenters. The van der Waals surface area contributed by atoms with Crippen molar-refractivity contribution in [2.45, 2.75) is 25.3 Å². The number of ether oxygens (including phenoxy) is 1. The van der Waals surface area contributed by atoms with E-state index in [1.54, 1.807) is 0 Å². The number of benzene rings is 1. The Morgan fingerprint density at radius 1 is 1.22 bits per heavy atom. The molecule has 13 heteroatoms. The first-order valence-corrected chi connectivity index (χ1v) is 8.66. The Balaban J connectivity index is 0.000000395. The van der Waals surface area contributed by atoms with Gasteiger partial charge in [0.1, 0.15) is 0 Å². The molecule has 0 saturated carbocycles. The molecule has 0 aliphatic heterocycles. The van der Waals surface area contributed by atoms with Crippen molar-refractivity contribution in [3.63, 3.8) is 0 Å². The van der Waals surface area contributed by atoms with Gasteiger partial charge in [0, 0.05) is 12.1 Å². The summed E-state index contributed by atoms with van der Waals surface area (Å²) in [6.07, 6.45) is 1.20. The van der Waals surface area contributed by atoms with Crippen LogP contribution in [0.2, 0.25) is 0 Å². The number of halogens is 3. The molecule has 0 aliphatic carbocycles. The van der Waals surface area contributed by atoms with E-state index in [4.69, 9.17) is 23.1 Å². The molecule has 0 saturated heterocycles. The van der Waals surface area contributed by atoms with Gasteiger partial charge in [0.15, 0.2) is 0 Å². The van der Waals surface area contributed by atoms with Crippen LogP contribution in [0.15, 0.2) is 34.7 Å². The lowest BCUT2D eigenvalue weighted by atomic mass is 10.3. The first-order valence-electron chi connectivity index (χ1n) is 7.22. The summed E-state index contributed by atoms with van der Waals surface area (Å²) in [5.41, 5.74) is 0.645. The normalized spacial score (nSPS) is 10.7. The highest BCUT2D eigenvalue weighted by Crippen LogP contribution is 2.20. The largest absolute Gasteiger partial charge is 0.522 e. The van der Waals surface area contributed by atoms with Gasteiger partial charge in [-0.05, 0) is 12.1 Å². The van der Waals surface area contributed by atoms with Crippen molar-refractivity contribution >= 4 is 22.3 Å². The summed E-state index contributed by atoms with van der Waals surface area (Å²) < 4.78 is 67.2. The van der Waals surface area contributed by atoms with Crippen molar-refractivity contribution in [2.24, 2.45) is 0 Å². The molecule has 152 valence electrons. The third kappa shape index (κ3) is 11.5. The summed E-state index contributed by atoms with van der Waals surface area (Å²) in [6, 6.07) is 9.49. The van der Waals surface area contributed by atoms with E-state index in [0.717, 1.165) is 12.1 Å². The first-order chi connectivity index (χ1) is 12.5. The van der Waals surface area contributed by atoms with Crippen LogP contribution in [0.3, 0.4) is 0 Å². The number of nitrogen functional groups attached to an aromatic ring is 1. The number of carbonyl (C=O) groups excluding carboxylic acids is 1. The fourth-order valence-electron chi connectivity index (χ4n) is 1.18. The summed E-state index contributed by atoms with van der Waals surface area (Å²) in [5.74, 6) is 1.12. The Morgan fingerprint density at radius 3 is 2.07 bits per heavy atom. The van der Waals surface area contributed by atoms with E-state index in [9.17, 15) is 18.0 Å². The summed E-state index contributed by atoms with van der Waals surface area (Å²) in [4.78, 5) is 9.77. The lowest BCUT2D eigenvalue weighted by Gasteiger charge is -1.97. The molecule has 2 aromatic rings. The first kappa shape index (κ1) is 24.3. The molecular weight excluding hydrogens is 395 g/mol. The zero-order chi connectivity index (χ0) is 20.9. The predicted octanol–water partition coefficient (Wildman–Crippen LogP) is 2.01. The number of nitrogens with zero attached hydrogens (tertiary/aromatic N) is 2. The van der Waals surface area contributed by atoms with Crippen LogP contribution in [0.1, 0.15) is 18.7 Å². The van der Waals surface area contributed by atoms with Crippen molar-refractivity contribution in [3.05, 3.63) is 42.1 Å². The van der Waals surface area contributed by atoms with Crippen LogP contribution < -0.4 is 5.73 Å². The predicted molar refractivity (Wildman–Crippen MR) is 87.9 cm³/mol. The van der Waals surface area contributed by atoms with Crippen molar-refractivity contribution < 1.29 is 40.1 Å². The average molecular weight is 413 g/mol. The Labute approximate surface area is 153 Å². The number of nitrogens with two attached hydrogens (primary N) is 1. The van der Waals surface area contributed by atoms with E-state index >= 15 is 0 Å². The van der Waals surface area contributed by atoms with Crippen LogP contribution in [0, 0.1) is 0 Å². The minimum atomic E-state index is -5.84. The van der Waals surface area contributed by atoms with Crippen LogP contribution in [0.25, 0.3) is 0 Å². The molecular formula is C14H18F3N3O6S. The maximum absolute atomic E-state index is 10.7. The second-order valence-electron chi connectivity index (χ2n) is 4.49. The number of para-hydroxylation sites is 1. The molecule has 0 atom stereocenters. The highest BCUT2D eigenvalue weighted by molar-refractivity contribution is 7.86. The summed E-state index contributed by atoms with van der Waals surface area (Å²) in [5, 5.41) is 7.50. The molecule has 2 rings (SSSR count). The van der Waals surface area contributed by atoms with Crippen LogP contribution in [-0.4, -0.2) is 41.8 Å². The molecule has 1 aromatic heterocycles. The van der Waals surface area contributed by atoms with E-state index in [-0.39, 0.29) is 6.61 Å². The van der Waals surface area contributed by atoms with E-state index in [2.05, 4.69) is 14.9 Å². The lowest BCUT2D eigenvalue weighted by molar-refractivity contribution is -0.128. The van der Waals surface area contributed by atoms with E-state index < -0.39 is 15.6 Å². The smallest absolute Gasteiger partial charge is 0.467 e. The zero-order valence-corrected chi connectivity index (χ0v) is 14.9. The Hall–Kier alpha value is -2.67. The van der Waals surface area contributed by atoms with E-state index in [1.807, 2.05) is 37.3 Å². The van der Waals surface area contributed by atoms with Crippen LogP contribution in [0.4, 0.5) is 18.9 Å². The van der Waals surface area contributed by atoms with Gasteiger partial charge in [0.05, 0.1) is 13.0 Å². The molecule has 1 heterocycles. The van der Waals surface area contributed by atoms with Gasteiger partial charge in [-0.2, -0.15) is 21.6 Å². The number of aromatic nitrogens is 2. The quantitative estimate of drug-likeness (QED) is 0.247. The number of hydrogen-bond acceptors (Lipinski definition) is 8. The summed E-state index contributed by atoms with van der Waals surface area (Å²) in [7, 11) is -5.84. The monoisotopic (exact) mass is 413 g/mol. The highest BCUT2D eigenvalue weighted by atomic mass is 32.2. The second kappa shape index (κ2) is 11.9. The number of hydrogen-bond donors (Lipinski definition) is 2. The lowest BCUT2D eigenvalue weighted by Crippen LogP contribution is -2.21. The summed E-state index contributed by atoms with van der Waals surface area (Å²) >= 11 is 0. The number of alkyl halides is 3. The topological polar surface area (TPSA) is 146 Å². The third-order valence-electron chi connectivity index (χ3n) is 2.41. The van der Waals surface area contributed by atoms with Crippen molar-refractivity contribution in [2.75, 3.05) is 12.3 Å². The third-order valence-corrected chi connectivity index (χ3v) is 2.99. The van der Waals surface area contributed by atoms with Gasteiger partial charge in [-0.15, -0.1) is 10.2 Å². The Bertz CT molecular complexity index is 766. The van der Waals surface area contributed by atoms with Gasteiger partial charge in [-0.25, -0.2) is 0 Å². The Morgan fingerprint density at radius 2 is 1.74 bits per heavy atom. The molecule has 0 radical (unpaired) electrons. The minimum Gasteiger partial charge on any atom is -0.467 e. The highest BCUT2D eigenvalue weighted by Gasteiger charge is 2.44. The fraction of sp³-hybridized carbons (Fsp3) is 0.357. The number of anilines is 1. The molecule has 1 aromatic carbocycles. The number of carbonyl (C=O) groups is 1. The maximum atomic E-state index is 10.7. The molecule has 3 N–H and O–H groups in total. The SMILES string of the molecule is CCc1nnc(CCOC=O)o1.Nc1ccccc1.O=S(=O)(O)C(F)(F)F. The standard InChI is InChI=1S/C7H10N2O3.C6H7N.CHF3O3S/c1-2-6-8-9-7(12-6)3-4-11-5-10;7-6-4-2-1-3-5-6;2-1(3,4)8(5,6)7/h5H,2-4H2,1H3;1-5H,7H2;(H,5,6,7). The molecule has 9 nitrogen and oxygen atoms in total. The van der Waals surface area contributed by atoms with Crippen LogP contribution >= 0.6 is 0 Å². The van der Waals surface area contributed by atoms with Gasteiger partial charge in [0.25, 0.3) is 6.47 Å². The summed E-state index contributed by atoms with van der Waals surface area (Å²) in [6.45, 7) is 2.62. The number of aryl methyl sites for hydroxylation is 1. The molecule has 0 spiro atoms.